The van der Waals surface area contributed by atoms with Gasteiger partial charge in [-0.2, -0.15) is 0 Å². The molecule has 2 N–H and O–H groups in total. The summed E-state index contributed by atoms with van der Waals surface area (Å²) in [5, 5.41) is 18.7. The number of carbonyl (C=O) groups excluding carboxylic acids is 1. The van der Waals surface area contributed by atoms with Crippen molar-refractivity contribution >= 4 is 17.9 Å². The summed E-state index contributed by atoms with van der Waals surface area (Å²) in [6.07, 6.45) is 0.807. The minimum Gasteiger partial charge on any atom is -0.478 e. The highest BCUT2D eigenvalue weighted by Gasteiger charge is 2.20. The molecule has 2 aromatic rings. The Morgan fingerprint density at radius 2 is 1.62 bits per heavy atom. The van der Waals surface area contributed by atoms with Crippen LogP contribution in [-0.2, 0) is 16.0 Å². The minimum atomic E-state index is -1.17. The number of benzene rings is 2. The highest BCUT2D eigenvalue weighted by Crippen LogP contribution is 2.29. The minimum absolute atomic E-state index is 0.0239. The van der Waals surface area contributed by atoms with E-state index in [1.165, 1.54) is 19.1 Å². The second-order valence-electron chi connectivity index (χ2n) is 5.77. The van der Waals surface area contributed by atoms with Crippen LogP contribution in [-0.4, -0.2) is 34.7 Å². The van der Waals surface area contributed by atoms with E-state index in [9.17, 15) is 24.6 Å². The van der Waals surface area contributed by atoms with Crippen LogP contribution in [0.2, 0.25) is 0 Å². The monoisotopic (exact) mass is 356 g/mol. The van der Waals surface area contributed by atoms with Crippen LogP contribution in [0.25, 0.3) is 11.1 Å². The molecule has 6 heteroatoms. The number of ether oxygens (including phenoxy) is 1. The maximum absolute atomic E-state index is 11.7. The average Bonchev–Trinajstić information content (AvgIpc) is 2.59. The molecule has 0 aliphatic rings. The van der Waals surface area contributed by atoms with Gasteiger partial charge in [0.1, 0.15) is 0 Å². The Balaban J connectivity index is 2.31. The molecule has 0 aliphatic heterocycles. The van der Waals surface area contributed by atoms with Crippen molar-refractivity contribution in [3.05, 3.63) is 58.7 Å². The predicted molar refractivity (Wildman–Crippen MR) is 95.5 cm³/mol. The molecule has 26 heavy (non-hydrogen) atoms. The van der Waals surface area contributed by atoms with Crippen LogP contribution in [0.3, 0.4) is 0 Å². The number of carboxylic acids is 2. The lowest BCUT2D eigenvalue weighted by Crippen LogP contribution is -2.09. The van der Waals surface area contributed by atoms with Crippen molar-refractivity contribution in [1.29, 1.82) is 0 Å². The van der Waals surface area contributed by atoms with Gasteiger partial charge < -0.3 is 14.9 Å². The number of hydrogen-bond donors (Lipinski definition) is 2. The van der Waals surface area contributed by atoms with Crippen molar-refractivity contribution in [2.75, 3.05) is 6.61 Å². The van der Waals surface area contributed by atoms with Gasteiger partial charge in [-0.05, 0) is 48.6 Å². The van der Waals surface area contributed by atoms with Crippen LogP contribution in [0.15, 0.2) is 36.4 Å². The zero-order chi connectivity index (χ0) is 19.3. The van der Waals surface area contributed by atoms with Gasteiger partial charge in [0.15, 0.2) is 0 Å². The summed E-state index contributed by atoms with van der Waals surface area (Å²) < 4.78 is 4.89. The predicted octanol–water partition coefficient (Wildman–Crippen LogP) is 3.55. The van der Waals surface area contributed by atoms with Crippen molar-refractivity contribution in [3.8, 4) is 11.1 Å². The summed E-state index contributed by atoms with van der Waals surface area (Å²) in [5.41, 5.74) is 2.21. The van der Waals surface area contributed by atoms with Crippen LogP contribution in [0, 0.1) is 6.92 Å². The Hall–Kier alpha value is -3.15. The summed E-state index contributed by atoms with van der Waals surface area (Å²) >= 11 is 0. The summed E-state index contributed by atoms with van der Waals surface area (Å²) in [6, 6.07) is 10.1. The van der Waals surface area contributed by atoms with Crippen molar-refractivity contribution in [2.24, 2.45) is 0 Å². The number of esters is 1. The van der Waals surface area contributed by atoms with Crippen molar-refractivity contribution in [2.45, 2.75) is 26.7 Å². The zero-order valence-electron chi connectivity index (χ0n) is 14.6. The molecule has 0 amide bonds. The summed E-state index contributed by atoms with van der Waals surface area (Å²) in [4.78, 5) is 34.3. The number of hydrogen-bond acceptors (Lipinski definition) is 4. The van der Waals surface area contributed by atoms with E-state index < -0.39 is 11.9 Å². The quantitative estimate of drug-likeness (QED) is 0.736. The molecule has 0 atom stereocenters. The van der Waals surface area contributed by atoms with Crippen LogP contribution in [0.1, 0.15) is 45.2 Å². The SMILES string of the molecule is CCOC(=O)CCc1ccc(-c2ccc(C(=O)O)c(C)c2C(=O)O)cc1. The molecule has 136 valence electrons. The van der Waals surface area contributed by atoms with Gasteiger partial charge in [-0.1, -0.05) is 30.3 Å². The smallest absolute Gasteiger partial charge is 0.336 e. The summed E-state index contributed by atoms with van der Waals surface area (Å²) in [7, 11) is 0. The molecular formula is C20H20O6. The molecule has 0 aliphatic carbocycles. The first-order chi connectivity index (χ1) is 12.3. The number of rotatable bonds is 7. The Morgan fingerprint density at radius 3 is 2.15 bits per heavy atom. The third-order valence-corrected chi connectivity index (χ3v) is 4.10. The van der Waals surface area contributed by atoms with Crippen LogP contribution < -0.4 is 0 Å². The van der Waals surface area contributed by atoms with E-state index in [4.69, 9.17) is 4.74 Å². The number of carbonyl (C=O) groups is 3. The second kappa shape index (κ2) is 8.29. The molecule has 0 spiro atoms. The van der Waals surface area contributed by atoms with E-state index in [0.29, 0.717) is 24.2 Å². The normalized spacial score (nSPS) is 10.4. The fourth-order valence-electron chi connectivity index (χ4n) is 2.79. The lowest BCUT2D eigenvalue weighted by Gasteiger charge is -2.12. The molecule has 6 nitrogen and oxygen atoms in total. The first kappa shape index (κ1) is 19.2. The molecule has 0 bridgehead atoms. The molecule has 0 saturated heterocycles. The highest BCUT2D eigenvalue weighted by atomic mass is 16.5. The maximum Gasteiger partial charge on any atom is 0.336 e. The number of aromatic carboxylic acids is 2. The Morgan fingerprint density at radius 1 is 0.962 bits per heavy atom. The van der Waals surface area contributed by atoms with Gasteiger partial charge in [-0.25, -0.2) is 9.59 Å². The Bertz CT molecular complexity index is 836. The van der Waals surface area contributed by atoms with Crippen molar-refractivity contribution < 1.29 is 29.3 Å². The standard InChI is InChI=1S/C20H20O6/c1-3-26-17(21)11-6-13-4-7-14(8-5-13)16-10-9-15(19(22)23)12(2)18(16)20(24)25/h4-5,7-10H,3,6,11H2,1-2H3,(H,22,23)(H,24,25). The first-order valence-corrected chi connectivity index (χ1v) is 8.20. The lowest BCUT2D eigenvalue weighted by molar-refractivity contribution is -0.143. The summed E-state index contributed by atoms with van der Waals surface area (Å²) in [5.74, 6) is -2.59. The molecule has 0 heterocycles. The molecule has 0 unspecified atom stereocenters. The number of aryl methyl sites for hydroxylation is 1. The fraction of sp³-hybridized carbons (Fsp3) is 0.250. The van der Waals surface area contributed by atoms with Gasteiger partial charge in [-0.3, -0.25) is 4.79 Å². The molecule has 0 aromatic heterocycles. The average molecular weight is 356 g/mol. The zero-order valence-corrected chi connectivity index (χ0v) is 14.6. The summed E-state index contributed by atoms with van der Waals surface area (Å²) in [6.45, 7) is 3.59. The van der Waals surface area contributed by atoms with E-state index in [1.807, 2.05) is 12.1 Å². The molecular weight excluding hydrogens is 336 g/mol. The lowest BCUT2D eigenvalue weighted by atomic mass is 9.92. The van der Waals surface area contributed by atoms with Crippen LogP contribution >= 0.6 is 0 Å². The van der Waals surface area contributed by atoms with Gasteiger partial charge in [0.25, 0.3) is 0 Å². The van der Waals surface area contributed by atoms with Crippen LogP contribution in [0.5, 0.6) is 0 Å². The van der Waals surface area contributed by atoms with Gasteiger partial charge >= 0.3 is 17.9 Å². The molecule has 2 aromatic carbocycles. The van der Waals surface area contributed by atoms with Gasteiger partial charge in [0.2, 0.25) is 0 Å². The van der Waals surface area contributed by atoms with E-state index in [2.05, 4.69) is 0 Å². The molecule has 2 rings (SSSR count). The molecule has 0 radical (unpaired) electrons. The van der Waals surface area contributed by atoms with E-state index in [1.54, 1.807) is 19.1 Å². The largest absolute Gasteiger partial charge is 0.478 e. The van der Waals surface area contributed by atoms with Gasteiger partial charge in [0, 0.05) is 6.42 Å². The number of carboxylic acid groups (broad SMARTS) is 2. The van der Waals surface area contributed by atoms with Gasteiger partial charge in [0.05, 0.1) is 17.7 Å². The molecule has 0 fully saturated rings. The topological polar surface area (TPSA) is 101 Å². The first-order valence-electron chi connectivity index (χ1n) is 8.20. The van der Waals surface area contributed by atoms with Crippen LogP contribution in [0.4, 0.5) is 0 Å². The van der Waals surface area contributed by atoms with E-state index in [-0.39, 0.29) is 29.1 Å². The fourth-order valence-corrected chi connectivity index (χ4v) is 2.79. The Kier molecular flexibility index (Phi) is 6.11. The van der Waals surface area contributed by atoms with Gasteiger partial charge in [-0.15, -0.1) is 0 Å². The van der Waals surface area contributed by atoms with E-state index in [0.717, 1.165) is 5.56 Å². The Labute approximate surface area is 151 Å². The third kappa shape index (κ3) is 4.27. The second-order valence-corrected chi connectivity index (χ2v) is 5.77. The van der Waals surface area contributed by atoms with E-state index >= 15 is 0 Å². The van der Waals surface area contributed by atoms with Crippen molar-refractivity contribution in [3.63, 3.8) is 0 Å². The van der Waals surface area contributed by atoms with Crippen molar-refractivity contribution in [1.82, 2.24) is 0 Å². The highest BCUT2D eigenvalue weighted by molar-refractivity contribution is 6.02. The third-order valence-electron chi connectivity index (χ3n) is 4.10. The maximum atomic E-state index is 11.7. The molecule has 0 saturated carbocycles.